The summed E-state index contributed by atoms with van der Waals surface area (Å²) in [4.78, 5) is 2.54. The molecular formula is C58H39N. The first-order chi connectivity index (χ1) is 29.0. The van der Waals surface area contributed by atoms with E-state index in [0.717, 1.165) is 11.4 Å². The smallest absolute Gasteiger partial charge is 0.0746 e. The van der Waals surface area contributed by atoms with Gasteiger partial charge in [0.2, 0.25) is 0 Å². The van der Waals surface area contributed by atoms with E-state index in [0.29, 0.717) is 0 Å². The summed E-state index contributed by atoms with van der Waals surface area (Å²) in [6, 6.07) is 75.6. The van der Waals surface area contributed by atoms with Crippen molar-refractivity contribution in [1.29, 1.82) is 0 Å². The SMILES string of the molecule is CC1(C)c2ccccc2-c2ccc(N(c3ccccc3)c3cccc4c3C3(c5ccccc5-c5cc6c7ccccc7c7ccccc7c6cc53)c3ccccc3-4)cc21. The maximum absolute atomic E-state index is 2.57. The van der Waals surface area contributed by atoms with Gasteiger partial charge in [-0.2, -0.15) is 0 Å². The van der Waals surface area contributed by atoms with Crippen LogP contribution in [0.25, 0.3) is 65.7 Å². The highest BCUT2D eigenvalue weighted by Gasteiger charge is 2.53. The zero-order chi connectivity index (χ0) is 39.0. The molecule has 0 fully saturated rings. The number of benzene rings is 10. The molecule has 0 aliphatic heterocycles. The van der Waals surface area contributed by atoms with Gasteiger partial charge in [-0.3, -0.25) is 0 Å². The Morgan fingerprint density at radius 2 is 0.797 bits per heavy atom. The molecule has 1 atom stereocenters. The van der Waals surface area contributed by atoms with Crippen LogP contribution in [0.2, 0.25) is 0 Å². The van der Waals surface area contributed by atoms with E-state index in [1.165, 1.54) is 105 Å². The van der Waals surface area contributed by atoms with Gasteiger partial charge in [0.25, 0.3) is 0 Å². The second-order valence-corrected chi connectivity index (χ2v) is 17.1. The van der Waals surface area contributed by atoms with Crippen molar-refractivity contribution in [3.63, 3.8) is 0 Å². The molecule has 1 unspecified atom stereocenters. The van der Waals surface area contributed by atoms with E-state index in [4.69, 9.17) is 0 Å². The summed E-state index contributed by atoms with van der Waals surface area (Å²) in [6.45, 7) is 4.76. The molecule has 0 radical (unpaired) electrons. The van der Waals surface area contributed by atoms with Gasteiger partial charge in [-0.25, -0.2) is 0 Å². The zero-order valence-corrected chi connectivity index (χ0v) is 33.0. The van der Waals surface area contributed by atoms with Crippen LogP contribution >= 0.6 is 0 Å². The number of anilines is 3. The van der Waals surface area contributed by atoms with E-state index in [1.54, 1.807) is 0 Å². The van der Waals surface area contributed by atoms with Crippen LogP contribution in [0, 0.1) is 0 Å². The lowest BCUT2D eigenvalue weighted by Crippen LogP contribution is -2.28. The molecule has 59 heavy (non-hydrogen) atoms. The second-order valence-electron chi connectivity index (χ2n) is 17.1. The van der Waals surface area contributed by atoms with Crippen molar-refractivity contribution < 1.29 is 0 Å². The van der Waals surface area contributed by atoms with Crippen LogP contribution in [-0.4, -0.2) is 0 Å². The van der Waals surface area contributed by atoms with Crippen molar-refractivity contribution in [1.82, 2.24) is 0 Å². The predicted molar refractivity (Wildman–Crippen MR) is 248 cm³/mol. The monoisotopic (exact) mass is 749 g/mol. The first-order valence-corrected chi connectivity index (χ1v) is 20.9. The summed E-state index contributed by atoms with van der Waals surface area (Å²) in [7, 11) is 0. The molecule has 3 aliphatic carbocycles. The molecule has 0 bridgehead atoms. The van der Waals surface area contributed by atoms with E-state index in [2.05, 4.69) is 219 Å². The number of para-hydroxylation sites is 1. The highest BCUT2D eigenvalue weighted by atomic mass is 15.1. The van der Waals surface area contributed by atoms with Crippen LogP contribution in [0.15, 0.2) is 200 Å². The molecule has 0 heterocycles. The van der Waals surface area contributed by atoms with Gasteiger partial charge in [-0.15, -0.1) is 0 Å². The number of hydrogen-bond acceptors (Lipinski definition) is 1. The molecule has 1 spiro atoms. The maximum Gasteiger partial charge on any atom is 0.0746 e. The minimum atomic E-state index is -0.561. The van der Waals surface area contributed by atoms with Crippen LogP contribution in [0.3, 0.4) is 0 Å². The number of hydrogen-bond donors (Lipinski definition) is 0. The third-order valence-electron chi connectivity index (χ3n) is 14.0. The molecule has 3 aliphatic rings. The van der Waals surface area contributed by atoms with Gasteiger partial charge in [0.05, 0.1) is 11.1 Å². The maximum atomic E-state index is 2.57. The van der Waals surface area contributed by atoms with Crippen LogP contribution in [0.5, 0.6) is 0 Å². The molecule has 1 nitrogen and oxygen atoms in total. The zero-order valence-electron chi connectivity index (χ0n) is 33.0. The fourth-order valence-electron chi connectivity index (χ4n) is 11.6. The molecular weight excluding hydrogens is 711 g/mol. The molecule has 10 aromatic rings. The van der Waals surface area contributed by atoms with Crippen LogP contribution in [0.4, 0.5) is 17.1 Å². The molecule has 13 rings (SSSR count). The molecule has 0 saturated carbocycles. The van der Waals surface area contributed by atoms with Crippen molar-refractivity contribution in [3.05, 3.63) is 234 Å². The molecule has 0 saturated heterocycles. The Kier molecular flexibility index (Phi) is 6.50. The van der Waals surface area contributed by atoms with E-state index < -0.39 is 5.41 Å². The molecule has 0 aromatic heterocycles. The number of rotatable bonds is 3. The molecule has 0 N–H and O–H groups in total. The lowest BCUT2D eigenvalue weighted by molar-refractivity contribution is 0.660. The average molecular weight is 750 g/mol. The second kappa shape index (κ2) is 11.7. The Labute approximate surface area is 344 Å². The van der Waals surface area contributed by atoms with Gasteiger partial charge < -0.3 is 4.90 Å². The summed E-state index contributed by atoms with van der Waals surface area (Å²) in [5, 5.41) is 7.79. The highest BCUT2D eigenvalue weighted by molar-refractivity contribution is 6.26. The minimum Gasteiger partial charge on any atom is -0.310 e. The lowest BCUT2D eigenvalue weighted by Gasteiger charge is -2.36. The van der Waals surface area contributed by atoms with Crippen molar-refractivity contribution in [2.75, 3.05) is 4.90 Å². The van der Waals surface area contributed by atoms with Gasteiger partial charge in [0.15, 0.2) is 0 Å². The van der Waals surface area contributed by atoms with Crippen LogP contribution in [-0.2, 0) is 10.8 Å². The fourth-order valence-corrected chi connectivity index (χ4v) is 11.6. The third-order valence-corrected chi connectivity index (χ3v) is 14.0. The van der Waals surface area contributed by atoms with E-state index in [1.807, 2.05) is 0 Å². The highest BCUT2D eigenvalue weighted by Crippen LogP contribution is 2.66. The van der Waals surface area contributed by atoms with Gasteiger partial charge in [0, 0.05) is 22.4 Å². The Hall–Kier alpha value is -7.22. The summed E-state index contributed by atoms with van der Waals surface area (Å²) >= 11 is 0. The van der Waals surface area contributed by atoms with E-state index in [-0.39, 0.29) is 5.41 Å². The van der Waals surface area contributed by atoms with Gasteiger partial charge in [0.1, 0.15) is 0 Å². The molecule has 10 aromatic carbocycles. The third kappa shape index (κ3) is 4.14. The van der Waals surface area contributed by atoms with Crippen molar-refractivity contribution >= 4 is 49.4 Å². The molecule has 1 heteroatoms. The summed E-state index contributed by atoms with van der Waals surface area (Å²) in [6.07, 6.45) is 0. The Morgan fingerprint density at radius 1 is 0.305 bits per heavy atom. The first kappa shape index (κ1) is 32.8. The summed E-state index contributed by atoms with van der Waals surface area (Å²) < 4.78 is 0. The lowest BCUT2D eigenvalue weighted by atomic mass is 9.69. The molecule has 0 amide bonds. The van der Waals surface area contributed by atoms with Gasteiger partial charge >= 0.3 is 0 Å². The standard InChI is InChI=1S/C58H39N/c1-57(2)50-27-13-10-23-42(50)45-32-31-37(33-53(45)57)59(36-17-4-3-5-18-36)55-30-16-26-46-43-24-11-14-28-51(43)58(56(46)55)52-29-15-12-25-44(52)49-34-47-40-21-8-6-19-38(40)39-20-7-9-22-41(39)48(47)35-54(49)58/h3-35H,1-2H3. The van der Waals surface area contributed by atoms with Crippen molar-refractivity contribution in [2.24, 2.45) is 0 Å². The van der Waals surface area contributed by atoms with Gasteiger partial charge in [-0.1, -0.05) is 172 Å². The predicted octanol–water partition coefficient (Wildman–Crippen LogP) is 15.3. The van der Waals surface area contributed by atoms with E-state index >= 15 is 0 Å². The van der Waals surface area contributed by atoms with Crippen LogP contribution < -0.4 is 4.90 Å². The number of fused-ring (bicyclic) bond motifs is 19. The van der Waals surface area contributed by atoms with E-state index in [9.17, 15) is 0 Å². The fraction of sp³-hybridized carbons (Fsp3) is 0.0690. The quantitative estimate of drug-likeness (QED) is 0.163. The Bertz CT molecular complexity index is 3430. The Balaban J connectivity index is 1.15. The Morgan fingerprint density at radius 3 is 1.46 bits per heavy atom. The first-order valence-electron chi connectivity index (χ1n) is 20.9. The molecule has 276 valence electrons. The van der Waals surface area contributed by atoms with Crippen molar-refractivity contribution in [2.45, 2.75) is 24.7 Å². The topological polar surface area (TPSA) is 3.24 Å². The summed E-state index contributed by atoms with van der Waals surface area (Å²) in [5.74, 6) is 0. The van der Waals surface area contributed by atoms with Gasteiger partial charge in [-0.05, 0) is 136 Å². The normalized spacial score (nSPS) is 16.2. The van der Waals surface area contributed by atoms with Crippen molar-refractivity contribution in [3.8, 4) is 33.4 Å². The number of nitrogens with zero attached hydrogens (tertiary/aromatic N) is 1. The van der Waals surface area contributed by atoms with Crippen LogP contribution in [0.1, 0.15) is 47.2 Å². The average Bonchev–Trinajstić information content (AvgIpc) is 3.85. The minimum absolute atomic E-state index is 0.127. The summed E-state index contributed by atoms with van der Waals surface area (Å²) in [5.41, 5.74) is 18.8. The largest absolute Gasteiger partial charge is 0.310 e.